The topological polar surface area (TPSA) is 86.1 Å². The van der Waals surface area contributed by atoms with E-state index >= 15 is 0 Å². The van der Waals surface area contributed by atoms with Crippen LogP contribution in [0.3, 0.4) is 0 Å². The third kappa shape index (κ3) is 3.41. The van der Waals surface area contributed by atoms with Gasteiger partial charge in [0.2, 0.25) is 5.91 Å². The monoisotopic (exact) mass is 320 g/mol. The molecule has 120 valence electrons. The number of benzene rings is 1. The summed E-state index contributed by atoms with van der Waals surface area (Å²) in [5, 5.41) is 11.6. The number of nitrogens with one attached hydrogen (secondary N) is 1. The number of amides is 2. The summed E-state index contributed by atoms with van der Waals surface area (Å²) in [5.41, 5.74) is 2.04. The van der Waals surface area contributed by atoms with E-state index in [1.54, 1.807) is 41.6 Å². The van der Waals surface area contributed by atoms with Gasteiger partial charge in [-0.15, -0.1) is 0 Å². The second-order valence-corrected chi connectivity index (χ2v) is 5.62. The second-order valence-electron chi connectivity index (χ2n) is 5.62. The molecule has 0 aliphatic carbocycles. The summed E-state index contributed by atoms with van der Waals surface area (Å²) in [6, 6.07) is 12.0. The van der Waals surface area contributed by atoms with Gasteiger partial charge in [0.1, 0.15) is 6.04 Å². The van der Waals surface area contributed by atoms with Crippen molar-refractivity contribution < 1.29 is 9.59 Å². The number of hydrogen-bond acceptors (Lipinski definition) is 4. The average Bonchev–Trinajstić information content (AvgIpc) is 2.96. The molecule has 0 bridgehead atoms. The van der Waals surface area contributed by atoms with Crippen molar-refractivity contribution in [3.8, 4) is 6.07 Å². The van der Waals surface area contributed by atoms with E-state index in [9.17, 15) is 9.59 Å². The Kier molecular flexibility index (Phi) is 4.52. The zero-order chi connectivity index (χ0) is 16.9. The molecule has 24 heavy (non-hydrogen) atoms. The van der Waals surface area contributed by atoms with Crippen molar-refractivity contribution in [1.29, 1.82) is 5.26 Å². The van der Waals surface area contributed by atoms with Crippen LogP contribution in [-0.2, 0) is 11.3 Å². The number of likely N-dealkylation sites (tertiary alicyclic amines) is 1. The fraction of sp³-hybridized carbons (Fsp3) is 0.222. The smallest absolute Gasteiger partial charge is 0.252 e. The van der Waals surface area contributed by atoms with E-state index in [2.05, 4.69) is 16.4 Å². The number of carbonyl (C=O) groups excluding carboxylic acids is 2. The van der Waals surface area contributed by atoms with Crippen LogP contribution in [0.1, 0.15) is 27.9 Å². The van der Waals surface area contributed by atoms with Gasteiger partial charge >= 0.3 is 0 Å². The standard InChI is InChI=1S/C18H16N4O2/c19-11-13-1-3-14(4-2-13)12-22-10-7-16(18(22)24)21-17(23)15-5-8-20-9-6-15/h1-6,8-9,16H,7,10,12H2,(H,21,23). The third-order valence-electron chi connectivity index (χ3n) is 4.00. The highest BCUT2D eigenvalue weighted by Crippen LogP contribution is 2.16. The molecule has 6 heteroatoms. The van der Waals surface area contributed by atoms with Crippen molar-refractivity contribution >= 4 is 11.8 Å². The van der Waals surface area contributed by atoms with E-state index in [0.717, 1.165) is 5.56 Å². The molecular formula is C18H16N4O2. The molecule has 2 aromatic rings. The highest BCUT2D eigenvalue weighted by atomic mass is 16.2. The number of nitrogens with zero attached hydrogens (tertiary/aromatic N) is 3. The Balaban J connectivity index is 1.60. The molecule has 1 atom stereocenters. The normalized spacial score (nSPS) is 16.7. The van der Waals surface area contributed by atoms with E-state index in [-0.39, 0.29) is 11.8 Å². The Labute approximate surface area is 139 Å². The van der Waals surface area contributed by atoms with Gasteiger partial charge < -0.3 is 10.2 Å². The van der Waals surface area contributed by atoms with Crippen LogP contribution in [0.4, 0.5) is 0 Å². The maximum absolute atomic E-state index is 12.4. The lowest BCUT2D eigenvalue weighted by Gasteiger charge is -2.17. The van der Waals surface area contributed by atoms with Gasteiger partial charge in [0.05, 0.1) is 11.6 Å². The van der Waals surface area contributed by atoms with E-state index in [1.165, 1.54) is 0 Å². The van der Waals surface area contributed by atoms with Crippen LogP contribution in [0, 0.1) is 11.3 Å². The number of aromatic nitrogens is 1. The van der Waals surface area contributed by atoms with E-state index in [1.807, 2.05) is 12.1 Å². The lowest BCUT2D eigenvalue weighted by Crippen LogP contribution is -2.41. The van der Waals surface area contributed by atoms with E-state index < -0.39 is 6.04 Å². The fourth-order valence-electron chi connectivity index (χ4n) is 2.68. The summed E-state index contributed by atoms with van der Waals surface area (Å²) in [5.74, 6) is -0.349. The van der Waals surface area contributed by atoms with Crippen molar-refractivity contribution in [2.45, 2.75) is 19.0 Å². The molecule has 2 amide bonds. The fourth-order valence-corrected chi connectivity index (χ4v) is 2.68. The van der Waals surface area contributed by atoms with E-state index in [0.29, 0.717) is 30.6 Å². The molecule has 1 aliphatic rings. The van der Waals surface area contributed by atoms with Crippen LogP contribution in [0.25, 0.3) is 0 Å². The molecule has 6 nitrogen and oxygen atoms in total. The van der Waals surface area contributed by atoms with Crippen LogP contribution >= 0.6 is 0 Å². The summed E-state index contributed by atoms with van der Waals surface area (Å²) >= 11 is 0. The van der Waals surface area contributed by atoms with Crippen molar-refractivity contribution in [1.82, 2.24) is 15.2 Å². The third-order valence-corrected chi connectivity index (χ3v) is 4.00. The van der Waals surface area contributed by atoms with Crippen LogP contribution in [0.5, 0.6) is 0 Å². The first-order valence-electron chi connectivity index (χ1n) is 7.66. The molecule has 1 aromatic heterocycles. The average molecular weight is 320 g/mol. The van der Waals surface area contributed by atoms with Crippen molar-refractivity contribution in [3.63, 3.8) is 0 Å². The Bertz CT molecular complexity index is 781. The molecule has 1 saturated heterocycles. The minimum Gasteiger partial charge on any atom is -0.340 e. The van der Waals surface area contributed by atoms with Gasteiger partial charge in [0.15, 0.2) is 0 Å². The first kappa shape index (κ1) is 15.7. The van der Waals surface area contributed by atoms with Gasteiger partial charge in [0, 0.05) is 31.0 Å². The SMILES string of the molecule is N#Cc1ccc(CN2CCC(NC(=O)c3ccncc3)C2=O)cc1. The summed E-state index contributed by atoms with van der Waals surface area (Å²) in [6.45, 7) is 1.08. The summed E-state index contributed by atoms with van der Waals surface area (Å²) in [6.07, 6.45) is 3.68. The highest BCUT2D eigenvalue weighted by molar-refractivity contribution is 5.97. The van der Waals surface area contributed by atoms with Gasteiger partial charge in [0.25, 0.3) is 5.91 Å². The van der Waals surface area contributed by atoms with Gasteiger partial charge in [-0.3, -0.25) is 14.6 Å². The number of carbonyl (C=O) groups is 2. The van der Waals surface area contributed by atoms with Gasteiger partial charge in [-0.25, -0.2) is 0 Å². The van der Waals surface area contributed by atoms with Crippen molar-refractivity contribution in [2.24, 2.45) is 0 Å². The predicted octanol–water partition coefficient (Wildman–Crippen LogP) is 1.48. The molecule has 1 unspecified atom stereocenters. The van der Waals surface area contributed by atoms with Crippen LogP contribution < -0.4 is 5.32 Å². The molecule has 0 radical (unpaired) electrons. The quantitative estimate of drug-likeness (QED) is 0.924. The zero-order valence-electron chi connectivity index (χ0n) is 13.0. The highest BCUT2D eigenvalue weighted by Gasteiger charge is 2.32. The maximum Gasteiger partial charge on any atom is 0.252 e. The molecule has 1 fully saturated rings. The zero-order valence-corrected chi connectivity index (χ0v) is 13.0. The lowest BCUT2D eigenvalue weighted by molar-refractivity contribution is -0.129. The maximum atomic E-state index is 12.4. The lowest BCUT2D eigenvalue weighted by atomic mass is 10.1. The Hall–Kier alpha value is -3.20. The first-order chi connectivity index (χ1) is 11.7. The van der Waals surface area contributed by atoms with Crippen LogP contribution in [0.15, 0.2) is 48.8 Å². The number of hydrogen-bond donors (Lipinski definition) is 1. The van der Waals surface area contributed by atoms with Gasteiger partial charge in [-0.05, 0) is 36.2 Å². The minimum atomic E-state index is -0.496. The number of nitriles is 1. The molecule has 1 aromatic carbocycles. The van der Waals surface area contributed by atoms with Crippen LogP contribution in [0.2, 0.25) is 0 Å². The summed E-state index contributed by atoms with van der Waals surface area (Å²) in [4.78, 5) is 30.2. The molecule has 3 rings (SSSR count). The van der Waals surface area contributed by atoms with Gasteiger partial charge in [-0.1, -0.05) is 12.1 Å². The van der Waals surface area contributed by atoms with Gasteiger partial charge in [-0.2, -0.15) is 5.26 Å². The van der Waals surface area contributed by atoms with E-state index in [4.69, 9.17) is 5.26 Å². The Morgan fingerprint density at radius 3 is 2.62 bits per heavy atom. The van der Waals surface area contributed by atoms with Crippen molar-refractivity contribution in [3.05, 3.63) is 65.5 Å². The molecule has 1 aliphatic heterocycles. The molecule has 1 N–H and O–H groups in total. The second kappa shape index (κ2) is 6.92. The molecule has 0 spiro atoms. The predicted molar refractivity (Wildman–Crippen MR) is 86.7 cm³/mol. The first-order valence-corrected chi connectivity index (χ1v) is 7.66. The van der Waals surface area contributed by atoms with Crippen LogP contribution in [-0.4, -0.2) is 34.3 Å². The Morgan fingerprint density at radius 1 is 1.25 bits per heavy atom. The summed E-state index contributed by atoms with van der Waals surface area (Å²) < 4.78 is 0. The minimum absolute atomic E-state index is 0.0817. The Morgan fingerprint density at radius 2 is 1.96 bits per heavy atom. The largest absolute Gasteiger partial charge is 0.340 e. The number of rotatable bonds is 4. The number of pyridine rings is 1. The molecule has 2 heterocycles. The van der Waals surface area contributed by atoms with Crippen molar-refractivity contribution in [2.75, 3.05) is 6.54 Å². The summed E-state index contributed by atoms with van der Waals surface area (Å²) in [7, 11) is 0. The molecule has 0 saturated carbocycles. The molecular weight excluding hydrogens is 304 g/mol.